The first-order valence-electron chi connectivity index (χ1n) is 9.15. The Balaban J connectivity index is 2.07. The summed E-state index contributed by atoms with van der Waals surface area (Å²) in [6.07, 6.45) is 0.727. The molecule has 0 aliphatic carbocycles. The van der Waals surface area contributed by atoms with Crippen LogP contribution >= 0.6 is 0 Å². The van der Waals surface area contributed by atoms with Gasteiger partial charge in [0.25, 0.3) is 0 Å². The molecule has 154 valence electrons. The average Bonchev–Trinajstić information content (AvgIpc) is 2.75. The van der Waals surface area contributed by atoms with Gasteiger partial charge in [0.1, 0.15) is 19.0 Å². The van der Waals surface area contributed by atoms with E-state index >= 15 is 0 Å². The van der Waals surface area contributed by atoms with Gasteiger partial charge in [-0.15, -0.1) is 0 Å². The molecule has 0 heterocycles. The Morgan fingerprint density at radius 1 is 0.607 bits per heavy atom. The summed E-state index contributed by atoms with van der Waals surface area (Å²) in [4.78, 5) is 0. The second-order valence-electron chi connectivity index (χ2n) is 6.18. The van der Waals surface area contributed by atoms with E-state index in [-0.39, 0.29) is 39.6 Å². The number of benzene rings is 2. The van der Waals surface area contributed by atoms with Crippen LogP contribution in [0.5, 0.6) is 17.2 Å². The van der Waals surface area contributed by atoms with E-state index in [0.717, 1.165) is 12.0 Å². The summed E-state index contributed by atoms with van der Waals surface area (Å²) in [5.41, 5.74) is 3.40. The molecule has 2 aromatic rings. The van der Waals surface area contributed by atoms with Crippen LogP contribution in [0.2, 0.25) is 0 Å². The van der Waals surface area contributed by atoms with Crippen molar-refractivity contribution in [2.75, 3.05) is 20.3 Å². The topological polar surface area (TPSA) is 109 Å². The molecule has 2 rings (SSSR count). The summed E-state index contributed by atoms with van der Waals surface area (Å²) >= 11 is 0. The van der Waals surface area contributed by atoms with Crippen LogP contribution in [0.25, 0.3) is 0 Å². The van der Waals surface area contributed by atoms with Gasteiger partial charge in [0, 0.05) is 0 Å². The molecule has 4 N–H and O–H groups in total. The molecule has 2 aromatic carbocycles. The Labute approximate surface area is 164 Å². The van der Waals surface area contributed by atoms with Gasteiger partial charge in [0.2, 0.25) is 0 Å². The Hall–Kier alpha value is -2.32. The predicted molar refractivity (Wildman–Crippen MR) is 103 cm³/mol. The van der Waals surface area contributed by atoms with Crippen LogP contribution in [0.1, 0.15) is 34.7 Å². The van der Waals surface area contributed by atoms with Crippen molar-refractivity contribution in [3.8, 4) is 17.2 Å². The van der Waals surface area contributed by atoms with Crippen LogP contribution in [0, 0.1) is 0 Å². The molecule has 0 aromatic heterocycles. The lowest BCUT2D eigenvalue weighted by atomic mass is 10.0. The van der Waals surface area contributed by atoms with E-state index in [0.29, 0.717) is 39.5 Å². The number of aliphatic hydroxyl groups excluding tert-OH is 4. The molecule has 7 nitrogen and oxygen atoms in total. The maximum Gasteiger partial charge on any atom is 0.161 e. The normalized spacial score (nSPS) is 10.8. The third-order valence-electron chi connectivity index (χ3n) is 4.53. The Morgan fingerprint density at radius 3 is 1.50 bits per heavy atom. The summed E-state index contributed by atoms with van der Waals surface area (Å²) in [5.74, 6) is 1.56. The van der Waals surface area contributed by atoms with E-state index < -0.39 is 0 Å². The molecule has 0 aliphatic rings. The summed E-state index contributed by atoms with van der Waals surface area (Å²) in [6.45, 7) is 1.76. The highest BCUT2D eigenvalue weighted by molar-refractivity contribution is 5.47. The minimum absolute atomic E-state index is 0.136. The summed E-state index contributed by atoms with van der Waals surface area (Å²) < 4.78 is 16.8. The molecular formula is C21H28O7. The summed E-state index contributed by atoms with van der Waals surface area (Å²) in [6, 6.07) is 6.86. The SMILES string of the molecule is CCc1cc(CO)c(CO)cc1OCCOc1cc(CO)c(CO)cc1OC. The fourth-order valence-corrected chi connectivity index (χ4v) is 2.94. The van der Waals surface area contributed by atoms with E-state index in [2.05, 4.69) is 0 Å². The highest BCUT2D eigenvalue weighted by atomic mass is 16.5. The monoisotopic (exact) mass is 392 g/mol. The molecule has 0 unspecified atom stereocenters. The first kappa shape index (κ1) is 22.0. The number of ether oxygens (including phenoxy) is 3. The zero-order valence-electron chi connectivity index (χ0n) is 16.3. The number of aryl methyl sites for hydroxylation is 1. The number of hydrogen-bond donors (Lipinski definition) is 4. The predicted octanol–water partition coefficient (Wildman–Crippen LogP) is 1.68. The van der Waals surface area contributed by atoms with E-state index in [1.165, 1.54) is 7.11 Å². The lowest BCUT2D eigenvalue weighted by Crippen LogP contribution is -2.12. The molecule has 0 atom stereocenters. The molecule has 0 saturated carbocycles. The van der Waals surface area contributed by atoms with Crippen molar-refractivity contribution in [2.45, 2.75) is 39.8 Å². The quantitative estimate of drug-likeness (QED) is 0.431. The van der Waals surface area contributed by atoms with Gasteiger partial charge >= 0.3 is 0 Å². The lowest BCUT2D eigenvalue weighted by Gasteiger charge is -2.17. The van der Waals surface area contributed by atoms with E-state index in [4.69, 9.17) is 14.2 Å². The number of aliphatic hydroxyl groups is 4. The van der Waals surface area contributed by atoms with Gasteiger partial charge in [-0.2, -0.15) is 0 Å². The van der Waals surface area contributed by atoms with E-state index in [1.807, 2.05) is 13.0 Å². The Morgan fingerprint density at radius 2 is 1.04 bits per heavy atom. The van der Waals surface area contributed by atoms with E-state index in [9.17, 15) is 20.4 Å². The van der Waals surface area contributed by atoms with Crippen molar-refractivity contribution in [3.05, 3.63) is 52.1 Å². The Kier molecular flexibility index (Phi) is 8.53. The van der Waals surface area contributed by atoms with Crippen molar-refractivity contribution >= 4 is 0 Å². The fraction of sp³-hybridized carbons (Fsp3) is 0.429. The zero-order valence-corrected chi connectivity index (χ0v) is 16.3. The third kappa shape index (κ3) is 5.14. The minimum Gasteiger partial charge on any atom is -0.493 e. The maximum absolute atomic E-state index is 9.46. The van der Waals surface area contributed by atoms with Gasteiger partial charge in [-0.25, -0.2) is 0 Å². The highest BCUT2D eigenvalue weighted by Crippen LogP contribution is 2.31. The van der Waals surface area contributed by atoms with Crippen LogP contribution in [0.4, 0.5) is 0 Å². The molecule has 0 amide bonds. The van der Waals surface area contributed by atoms with Gasteiger partial charge in [-0.1, -0.05) is 6.92 Å². The summed E-state index contributed by atoms with van der Waals surface area (Å²) in [5, 5.41) is 37.7. The molecule has 7 heteroatoms. The van der Waals surface area contributed by atoms with Crippen LogP contribution in [0.15, 0.2) is 24.3 Å². The second kappa shape index (κ2) is 10.9. The van der Waals surface area contributed by atoms with Gasteiger partial charge in [-0.05, 0) is 58.5 Å². The van der Waals surface area contributed by atoms with E-state index in [1.54, 1.807) is 18.2 Å². The smallest absolute Gasteiger partial charge is 0.161 e. The maximum atomic E-state index is 9.46. The van der Waals surface area contributed by atoms with Gasteiger partial charge in [-0.3, -0.25) is 0 Å². The molecular weight excluding hydrogens is 364 g/mol. The van der Waals surface area contributed by atoms with Gasteiger partial charge in [0.05, 0.1) is 33.5 Å². The lowest BCUT2D eigenvalue weighted by molar-refractivity contribution is 0.207. The number of methoxy groups -OCH3 is 1. The summed E-state index contributed by atoms with van der Waals surface area (Å²) in [7, 11) is 1.51. The molecule has 0 radical (unpaired) electrons. The first-order valence-corrected chi connectivity index (χ1v) is 9.15. The molecule has 0 aliphatic heterocycles. The van der Waals surface area contributed by atoms with Crippen molar-refractivity contribution in [1.82, 2.24) is 0 Å². The molecule has 0 spiro atoms. The van der Waals surface area contributed by atoms with Gasteiger partial charge < -0.3 is 34.6 Å². The number of hydrogen-bond acceptors (Lipinski definition) is 7. The first-order chi connectivity index (χ1) is 13.6. The largest absolute Gasteiger partial charge is 0.493 e. The number of rotatable bonds is 11. The highest BCUT2D eigenvalue weighted by Gasteiger charge is 2.12. The van der Waals surface area contributed by atoms with Crippen molar-refractivity contribution in [1.29, 1.82) is 0 Å². The van der Waals surface area contributed by atoms with Crippen molar-refractivity contribution in [3.63, 3.8) is 0 Å². The zero-order chi connectivity index (χ0) is 20.5. The van der Waals surface area contributed by atoms with Crippen molar-refractivity contribution in [2.24, 2.45) is 0 Å². The standard InChI is InChI=1S/C21H28O7/c1-3-14-6-15(10-22)16(11-23)7-19(14)27-4-5-28-21-9-18(13-25)17(12-24)8-20(21)26-2/h6-9,22-25H,3-5,10-13H2,1-2H3. The minimum atomic E-state index is -0.215. The van der Waals surface area contributed by atoms with Crippen LogP contribution in [0.3, 0.4) is 0 Å². The van der Waals surface area contributed by atoms with Crippen molar-refractivity contribution < 1.29 is 34.6 Å². The fourth-order valence-electron chi connectivity index (χ4n) is 2.94. The van der Waals surface area contributed by atoms with Crippen LogP contribution in [-0.4, -0.2) is 40.7 Å². The average molecular weight is 392 g/mol. The molecule has 0 bridgehead atoms. The third-order valence-corrected chi connectivity index (χ3v) is 4.53. The molecule has 0 fully saturated rings. The Bertz CT molecular complexity index is 708. The second-order valence-corrected chi connectivity index (χ2v) is 6.18. The molecule has 0 saturated heterocycles. The molecule has 28 heavy (non-hydrogen) atoms. The van der Waals surface area contributed by atoms with Crippen LogP contribution < -0.4 is 14.2 Å². The van der Waals surface area contributed by atoms with Gasteiger partial charge in [0.15, 0.2) is 11.5 Å². The van der Waals surface area contributed by atoms with Crippen LogP contribution in [-0.2, 0) is 32.8 Å².